The van der Waals surface area contributed by atoms with E-state index in [1.165, 1.54) is 5.57 Å². The molecule has 4 nitrogen and oxygen atoms in total. The molecule has 0 fully saturated rings. The predicted octanol–water partition coefficient (Wildman–Crippen LogP) is 1.77. The lowest BCUT2D eigenvalue weighted by Crippen LogP contribution is -2.30. The summed E-state index contributed by atoms with van der Waals surface area (Å²) in [6.45, 7) is 0.788. The molecule has 2 aromatic carbocycles. The summed E-state index contributed by atoms with van der Waals surface area (Å²) in [6.07, 6.45) is 4.27. The van der Waals surface area contributed by atoms with Gasteiger partial charge in [0.2, 0.25) is 0 Å². The molecule has 2 N–H and O–H groups in total. The summed E-state index contributed by atoms with van der Waals surface area (Å²) in [5.41, 5.74) is 3.86. The number of phenolic OH excluding ortho intramolecular Hbond substituents is 2. The molecule has 2 aromatic rings. The number of aryl methyl sites for hydroxylation is 2. The molecule has 0 aromatic heterocycles. The highest BCUT2D eigenvalue weighted by Gasteiger charge is 2.18. The van der Waals surface area contributed by atoms with Gasteiger partial charge >= 0.3 is 0 Å². The van der Waals surface area contributed by atoms with Gasteiger partial charge in [-0.25, -0.2) is 0 Å². The Labute approximate surface area is 127 Å². The van der Waals surface area contributed by atoms with E-state index in [-0.39, 0.29) is 11.5 Å². The zero-order valence-corrected chi connectivity index (χ0v) is 12.1. The van der Waals surface area contributed by atoms with Gasteiger partial charge in [-0.2, -0.15) is 0 Å². The van der Waals surface area contributed by atoms with Gasteiger partial charge in [0.15, 0.2) is 0 Å². The molecule has 4 heteroatoms. The maximum atomic E-state index is 10.5. The van der Waals surface area contributed by atoms with Gasteiger partial charge in [0.05, 0.1) is 5.36 Å². The Morgan fingerprint density at radius 1 is 1.05 bits per heavy atom. The minimum absolute atomic E-state index is 0.268. The van der Waals surface area contributed by atoms with Crippen LogP contribution < -0.4 is 10.6 Å². The SMILES string of the molecule is Oc1ccc(CCc2cc3c4c(c2O)N=CC=4CCN=3)cc1. The Hall–Kier alpha value is -2.62. The normalized spacial score (nSPS) is 14.8. The van der Waals surface area contributed by atoms with E-state index in [1.807, 2.05) is 24.4 Å². The molecule has 22 heavy (non-hydrogen) atoms. The molecule has 2 aliphatic heterocycles. The summed E-state index contributed by atoms with van der Waals surface area (Å²) in [7, 11) is 0. The highest BCUT2D eigenvalue weighted by Crippen LogP contribution is 2.30. The molecule has 0 saturated heterocycles. The number of nitrogens with zero attached hydrogens (tertiary/aromatic N) is 2. The molecule has 110 valence electrons. The van der Waals surface area contributed by atoms with Gasteiger partial charge < -0.3 is 10.2 Å². The van der Waals surface area contributed by atoms with E-state index in [4.69, 9.17) is 0 Å². The minimum Gasteiger partial charge on any atom is -0.508 e. The van der Waals surface area contributed by atoms with Crippen molar-refractivity contribution in [2.45, 2.75) is 19.3 Å². The summed E-state index contributed by atoms with van der Waals surface area (Å²) < 4.78 is 0. The van der Waals surface area contributed by atoms with E-state index in [0.717, 1.165) is 47.5 Å². The first kappa shape index (κ1) is 13.1. The Bertz CT molecular complexity index is 896. The first-order valence-electron chi connectivity index (χ1n) is 7.47. The minimum atomic E-state index is 0.268. The van der Waals surface area contributed by atoms with Crippen LogP contribution in [0.2, 0.25) is 0 Å². The number of hydrogen-bond acceptors (Lipinski definition) is 4. The molecule has 0 amide bonds. The number of phenols is 2. The maximum Gasteiger partial charge on any atom is 0.145 e. The van der Waals surface area contributed by atoms with Crippen LogP contribution in [0, 0.1) is 0 Å². The van der Waals surface area contributed by atoms with Gasteiger partial charge in [-0.3, -0.25) is 9.98 Å². The molecule has 0 radical (unpaired) electrons. The standard InChI is InChI=1S/C18H16N2O2/c21-14-5-2-11(3-6-14)1-4-12-9-15-16-13(7-8-19-15)10-20-17(16)18(12)22/h2-3,5-6,9-10,21-22H,1,4,7-8H2. The average molecular weight is 292 g/mol. The van der Waals surface area contributed by atoms with Gasteiger partial charge in [-0.05, 0) is 54.2 Å². The summed E-state index contributed by atoms with van der Waals surface area (Å²) in [5.74, 6) is 0.547. The fourth-order valence-corrected chi connectivity index (χ4v) is 3.09. The van der Waals surface area contributed by atoms with Crippen molar-refractivity contribution in [1.29, 1.82) is 0 Å². The lowest BCUT2D eigenvalue weighted by atomic mass is 9.99. The highest BCUT2D eigenvalue weighted by atomic mass is 16.3. The molecule has 0 saturated carbocycles. The van der Waals surface area contributed by atoms with Crippen molar-refractivity contribution in [1.82, 2.24) is 0 Å². The molecule has 0 bridgehead atoms. The third-order valence-electron chi connectivity index (χ3n) is 4.29. The second kappa shape index (κ2) is 4.98. The number of aromatic hydroxyl groups is 2. The van der Waals surface area contributed by atoms with Crippen molar-refractivity contribution in [3.05, 3.63) is 52.0 Å². The van der Waals surface area contributed by atoms with Crippen LogP contribution in [0.1, 0.15) is 17.5 Å². The third kappa shape index (κ3) is 2.08. The van der Waals surface area contributed by atoms with E-state index in [0.29, 0.717) is 5.69 Å². The van der Waals surface area contributed by atoms with Gasteiger partial charge in [0, 0.05) is 18.0 Å². The number of rotatable bonds is 3. The van der Waals surface area contributed by atoms with Crippen molar-refractivity contribution < 1.29 is 10.2 Å². The maximum absolute atomic E-state index is 10.5. The average Bonchev–Trinajstić information content (AvgIpc) is 2.97. The van der Waals surface area contributed by atoms with E-state index in [9.17, 15) is 10.2 Å². The Morgan fingerprint density at radius 3 is 2.68 bits per heavy atom. The van der Waals surface area contributed by atoms with E-state index in [1.54, 1.807) is 12.1 Å². The van der Waals surface area contributed by atoms with E-state index >= 15 is 0 Å². The van der Waals surface area contributed by atoms with Crippen molar-refractivity contribution in [3.8, 4) is 11.5 Å². The largest absolute Gasteiger partial charge is 0.508 e. The highest BCUT2D eigenvalue weighted by molar-refractivity contribution is 6.07. The fraction of sp³-hybridized carbons (Fsp3) is 0.222. The van der Waals surface area contributed by atoms with Crippen LogP contribution in [-0.2, 0) is 12.8 Å². The van der Waals surface area contributed by atoms with Gasteiger partial charge in [-0.15, -0.1) is 0 Å². The predicted molar refractivity (Wildman–Crippen MR) is 85.4 cm³/mol. The summed E-state index contributed by atoms with van der Waals surface area (Å²) in [4.78, 5) is 8.94. The molecule has 2 aliphatic rings. The molecular formula is C18H16N2O2. The van der Waals surface area contributed by atoms with Crippen LogP contribution >= 0.6 is 0 Å². The molecule has 0 atom stereocenters. The molecule has 0 unspecified atom stereocenters. The van der Waals surface area contributed by atoms with Crippen LogP contribution in [0.15, 0.2) is 40.3 Å². The molecule has 0 spiro atoms. The Balaban J connectivity index is 1.70. The molecule has 4 rings (SSSR count). The summed E-state index contributed by atoms with van der Waals surface area (Å²) >= 11 is 0. The number of benzene rings is 2. The van der Waals surface area contributed by atoms with E-state index in [2.05, 4.69) is 9.98 Å². The van der Waals surface area contributed by atoms with Crippen LogP contribution in [-0.4, -0.2) is 23.0 Å². The van der Waals surface area contributed by atoms with Crippen molar-refractivity contribution in [2.75, 3.05) is 6.54 Å². The topological polar surface area (TPSA) is 65.2 Å². The smallest absolute Gasteiger partial charge is 0.145 e. The first-order valence-corrected chi connectivity index (χ1v) is 7.47. The Kier molecular flexibility index (Phi) is 2.96. The first-order chi connectivity index (χ1) is 10.7. The van der Waals surface area contributed by atoms with Crippen LogP contribution in [0.5, 0.6) is 11.5 Å². The quantitative estimate of drug-likeness (QED) is 0.905. The molecular weight excluding hydrogens is 276 g/mol. The van der Waals surface area contributed by atoms with Crippen LogP contribution in [0.25, 0.3) is 5.57 Å². The summed E-state index contributed by atoms with van der Waals surface area (Å²) in [6, 6.07) is 9.16. The molecule has 0 aliphatic carbocycles. The van der Waals surface area contributed by atoms with Gasteiger partial charge in [0.25, 0.3) is 0 Å². The zero-order valence-electron chi connectivity index (χ0n) is 12.1. The van der Waals surface area contributed by atoms with Crippen molar-refractivity contribution in [2.24, 2.45) is 9.98 Å². The lowest BCUT2D eigenvalue weighted by Gasteiger charge is -2.10. The fourth-order valence-electron chi connectivity index (χ4n) is 3.09. The number of aliphatic imine (C=N–C) groups is 1. The summed E-state index contributed by atoms with van der Waals surface area (Å²) in [5, 5.41) is 21.8. The zero-order chi connectivity index (χ0) is 15.1. The lowest BCUT2D eigenvalue weighted by molar-refractivity contribution is 0.468. The van der Waals surface area contributed by atoms with Crippen molar-refractivity contribution >= 4 is 17.5 Å². The number of hydrogen-bond donors (Lipinski definition) is 2. The van der Waals surface area contributed by atoms with Crippen LogP contribution in [0.3, 0.4) is 0 Å². The van der Waals surface area contributed by atoms with Crippen LogP contribution in [0.4, 0.5) is 5.69 Å². The van der Waals surface area contributed by atoms with Gasteiger partial charge in [0.1, 0.15) is 17.2 Å². The third-order valence-corrected chi connectivity index (χ3v) is 4.29. The second-order valence-electron chi connectivity index (χ2n) is 5.71. The second-order valence-corrected chi connectivity index (χ2v) is 5.71. The monoisotopic (exact) mass is 292 g/mol. The molecule has 2 heterocycles. The Morgan fingerprint density at radius 2 is 1.86 bits per heavy atom. The van der Waals surface area contributed by atoms with E-state index < -0.39 is 0 Å². The van der Waals surface area contributed by atoms with Gasteiger partial charge in [-0.1, -0.05) is 12.1 Å². The van der Waals surface area contributed by atoms with Crippen molar-refractivity contribution in [3.63, 3.8) is 0 Å².